The van der Waals surface area contributed by atoms with Gasteiger partial charge in [0.1, 0.15) is 17.9 Å². The number of methoxy groups -OCH3 is 1. The van der Waals surface area contributed by atoms with Crippen molar-refractivity contribution < 1.29 is 19.4 Å². The predicted octanol–water partition coefficient (Wildman–Crippen LogP) is 13.9. The van der Waals surface area contributed by atoms with Crippen molar-refractivity contribution in [1.29, 1.82) is 5.26 Å². The summed E-state index contributed by atoms with van der Waals surface area (Å²) in [7, 11) is 1.36. The van der Waals surface area contributed by atoms with Crippen LogP contribution in [0.4, 0.5) is 11.6 Å². The predicted molar refractivity (Wildman–Crippen MR) is 345 cm³/mol. The highest BCUT2D eigenvalue weighted by molar-refractivity contribution is 9.08. The zero-order valence-corrected chi connectivity index (χ0v) is 52.6. The number of pyridine rings is 6. The number of rotatable bonds is 10. The van der Waals surface area contributed by atoms with E-state index in [0.29, 0.717) is 22.6 Å². The van der Waals surface area contributed by atoms with Gasteiger partial charge in [-0.1, -0.05) is 91.9 Å². The quantitative estimate of drug-likeness (QED) is 0.0432. The minimum Gasteiger partial charge on any atom is -0.465 e. The van der Waals surface area contributed by atoms with Crippen LogP contribution in [-0.2, 0) is 21.5 Å². The summed E-state index contributed by atoms with van der Waals surface area (Å²) in [5.74, 6) is 0.762. The standard InChI is InChI=1S/C14H19N.C13H16N4.C12H17N3.C8H9NO2.C7H8BrN.C7H9NO.C7H12O/c1-12-11-13(6-10-15-12)5-9-14(2)7-3-4-8-14;1-13(5-2-8-17(13)10-14)6-3-11-4-7-16-12(15)9-11;1-12(5-2-7-15-12)6-3-10-4-8-14-11(13)9-10;1-6-5-7(3-4-9-6)8(10)11-2;1-6-4-7(5-8)2-3-9-6;1-6-4-7(5-9)2-3-8-6;1-7(6-8)4-2-3-5-7/h5-6,9-11H,3-4,7-8H2,1-2H3;3-4,6-7,9H,2,5,8H2,1H3,(H2,15,16);3-4,6,8-9,15H,2,5,7H2,1H3,(H2,13,14);3-5H,1-2H3;2-4H,5H2,1H3;2-4,9H,5H2,1H3;6H,2-5H2,1H3/b9-5+;2*6-3+;;;;/t;13-;12-;;;;/m.00..../s1. The van der Waals surface area contributed by atoms with Gasteiger partial charge in [0, 0.05) is 82.8 Å². The zero-order valence-electron chi connectivity index (χ0n) is 51.0. The fourth-order valence-electron chi connectivity index (χ4n) is 9.88. The highest BCUT2D eigenvalue weighted by Crippen LogP contribution is 2.39. The van der Waals surface area contributed by atoms with Crippen molar-refractivity contribution in [3.05, 3.63) is 184 Å². The van der Waals surface area contributed by atoms with Crippen molar-refractivity contribution in [2.45, 2.75) is 155 Å². The van der Waals surface area contributed by atoms with Crippen LogP contribution in [0, 0.1) is 50.0 Å². The van der Waals surface area contributed by atoms with E-state index in [1.54, 1.807) is 43.0 Å². The number of carbonyl (C=O) groups excluding carboxylic acids is 2. The molecule has 2 atom stereocenters. The van der Waals surface area contributed by atoms with Gasteiger partial charge < -0.3 is 36.3 Å². The van der Waals surface area contributed by atoms with Crippen LogP contribution in [0.2, 0.25) is 0 Å². The third kappa shape index (κ3) is 25.6. The van der Waals surface area contributed by atoms with Gasteiger partial charge in [0.05, 0.1) is 24.8 Å². The molecule has 2 aliphatic carbocycles. The highest BCUT2D eigenvalue weighted by atomic mass is 79.9. The first kappa shape index (κ1) is 69.0. The third-order valence-electron chi connectivity index (χ3n) is 15.0. The topological polar surface area (TPSA) is 232 Å². The number of ether oxygens (including phenoxy) is 1. The molecule has 0 aromatic carbocycles. The van der Waals surface area contributed by atoms with Gasteiger partial charge in [0.15, 0.2) is 6.19 Å². The van der Waals surface area contributed by atoms with Crippen LogP contribution in [0.3, 0.4) is 0 Å². The maximum Gasteiger partial charge on any atom is 0.337 e. The second kappa shape index (κ2) is 35.6. The summed E-state index contributed by atoms with van der Waals surface area (Å²) in [6.45, 7) is 18.5. The maximum atomic E-state index is 10.9. The summed E-state index contributed by atoms with van der Waals surface area (Å²) >= 11 is 3.36. The van der Waals surface area contributed by atoms with E-state index in [9.17, 15) is 9.59 Å². The molecule has 8 heterocycles. The lowest BCUT2D eigenvalue weighted by molar-refractivity contribution is -0.115. The number of nitrogen functional groups attached to an aromatic ring is 2. The number of nitrogens with zero attached hydrogens (tertiary/aromatic N) is 8. The number of nitrogens with two attached hydrogens (primary N) is 2. The van der Waals surface area contributed by atoms with Gasteiger partial charge in [-0.15, -0.1) is 0 Å². The number of aldehydes is 1. The number of carbonyl (C=O) groups is 2. The molecule has 0 spiro atoms. The average Bonchev–Trinajstić information content (AvgIpc) is 4.54. The molecule has 0 bridgehead atoms. The fraction of sp³-hybridized carbons (Fsp3) is 0.426. The second-order valence-corrected chi connectivity index (χ2v) is 23.4. The Morgan fingerprint density at radius 3 is 1.55 bits per heavy atom. The number of aliphatic hydroxyl groups excluding tert-OH is 1. The van der Waals surface area contributed by atoms with Gasteiger partial charge in [0.2, 0.25) is 0 Å². The van der Waals surface area contributed by atoms with Crippen molar-refractivity contribution in [3.63, 3.8) is 0 Å². The van der Waals surface area contributed by atoms with E-state index in [-0.39, 0.29) is 29.1 Å². The smallest absolute Gasteiger partial charge is 0.337 e. The number of halogens is 1. The Labute approximate surface area is 508 Å². The van der Waals surface area contributed by atoms with Crippen molar-refractivity contribution in [3.8, 4) is 6.19 Å². The van der Waals surface area contributed by atoms with Gasteiger partial charge >= 0.3 is 5.97 Å². The lowest BCUT2D eigenvalue weighted by Gasteiger charge is -2.27. The molecule has 6 aromatic rings. The number of aryl methyl sites for hydroxylation is 4. The van der Waals surface area contributed by atoms with Crippen LogP contribution in [0.5, 0.6) is 0 Å². The number of allylic oxidation sites excluding steroid dienone is 1. The van der Waals surface area contributed by atoms with Gasteiger partial charge in [-0.2, -0.15) is 5.26 Å². The number of nitrogens with one attached hydrogen (secondary N) is 1. The number of nitriles is 1. The maximum absolute atomic E-state index is 10.9. The molecular formula is C68H90BrN11O4. The van der Waals surface area contributed by atoms with Gasteiger partial charge in [-0.05, 0) is 205 Å². The van der Waals surface area contributed by atoms with Crippen LogP contribution in [0.15, 0.2) is 128 Å². The van der Waals surface area contributed by atoms with Crippen LogP contribution >= 0.6 is 15.9 Å². The van der Waals surface area contributed by atoms with Gasteiger partial charge in [-0.25, -0.2) is 14.8 Å². The molecule has 4 aliphatic rings. The van der Waals surface area contributed by atoms with Crippen LogP contribution < -0.4 is 16.8 Å². The summed E-state index contributed by atoms with van der Waals surface area (Å²) in [5, 5.41) is 22.1. The zero-order chi connectivity index (χ0) is 61.4. The van der Waals surface area contributed by atoms with E-state index in [1.807, 2.05) is 94.4 Å². The van der Waals surface area contributed by atoms with E-state index >= 15 is 0 Å². The Morgan fingerprint density at radius 1 is 0.631 bits per heavy atom. The first-order valence-electron chi connectivity index (χ1n) is 29.0. The number of esters is 1. The Bertz CT molecular complexity index is 2970. The van der Waals surface area contributed by atoms with E-state index in [0.717, 1.165) is 89.9 Å². The number of alkyl halides is 1. The highest BCUT2D eigenvalue weighted by Gasteiger charge is 2.33. The summed E-state index contributed by atoms with van der Waals surface area (Å²) in [4.78, 5) is 47.2. The van der Waals surface area contributed by atoms with E-state index in [4.69, 9.17) is 21.8 Å². The average molecular weight is 1210 g/mol. The molecule has 2 saturated carbocycles. The van der Waals surface area contributed by atoms with Crippen molar-refractivity contribution in [1.82, 2.24) is 40.1 Å². The normalized spacial score (nSPS) is 18.8. The monoisotopic (exact) mass is 1200 g/mol. The number of likely N-dealkylation sites (tertiary alicyclic amines) is 1. The first-order valence-corrected chi connectivity index (χ1v) is 30.1. The fourth-order valence-corrected chi connectivity index (χ4v) is 10.2. The summed E-state index contributed by atoms with van der Waals surface area (Å²) < 4.78 is 4.52. The molecule has 0 radical (unpaired) electrons. The lowest BCUT2D eigenvalue weighted by atomic mass is 9.88. The Balaban J connectivity index is 0.000000214. The molecule has 0 unspecified atom stereocenters. The second-order valence-electron chi connectivity index (χ2n) is 22.8. The SMILES string of the molecule is CC1(C=O)CCCC1.COC(=O)c1ccnc(C)c1.C[C@@]1(/C=C/c2ccnc(N)c2)CCCN1.C[C@@]1(/C=C/c2ccnc(N)c2)CCCN1C#N.Cc1cc(/C=C/C2(C)CCCC2)ccn1.Cc1cc(CBr)ccn1.Cc1cc(CO)ccn1. The molecule has 2 saturated heterocycles. The van der Waals surface area contributed by atoms with Crippen LogP contribution in [0.25, 0.3) is 18.2 Å². The summed E-state index contributed by atoms with van der Waals surface area (Å²) in [5.41, 5.74) is 21.8. The third-order valence-corrected chi connectivity index (χ3v) is 15.7. The number of hydrogen-bond donors (Lipinski definition) is 4. The van der Waals surface area contributed by atoms with Gasteiger partial charge in [-0.3, -0.25) is 19.9 Å². The molecular weight excluding hydrogens is 1110 g/mol. The number of hydrogen-bond acceptors (Lipinski definition) is 15. The van der Waals surface area contributed by atoms with Crippen LogP contribution in [-0.4, -0.2) is 83.4 Å². The van der Waals surface area contributed by atoms with Crippen molar-refractivity contribution in [2.75, 3.05) is 31.7 Å². The minimum atomic E-state index is -0.324. The summed E-state index contributed by atoms with van der Waals surface area (Å²) in [6.07, 6.45) is 41.5. The van der Waals surface area contributed by atoms with Gasteiger partial charge in [0.25, 0.3) is 0 Å². The minimum absolute atomic E-state index is 0.0556. The lowest BCUT2D eigenvalue weighted by Crippen LogP contribution is -2.35. The molecule has 84 heavy (non-hydrogen) atoms. The summed E-state index contributed by atoms with van der Waals surface area (Å²) in [6, 6.07) is 22.8. The molecule has 6 aromatic heterocycles. The van der Waals surface area contributed by atoms with Crippen molar-refractivity contribution >= 4 is 58.0 Å². The van der Waals surface area contributed by atoms with Crippen LogP contribution in [0.1, 0.15) is 166 Å². The molecule has 15 nitrogen and oxygen atoms in total. The first-order chi connectivity index (χ1) is 40.2. The molecule has 16 heteroatoms. The number of aromatic nitrogens is 6. The van der Waals surface area contributed by atoms with Crippen molar-refractivity contribution in [2.24, 2.45) is 10.8 Å². The Hall–Kier alpha value is -7.45. The molecule has 10 rings (SSSR count). The van der Waals surface area contributed by atoms with E-state index < -0.39 is 0 Å². The molecule has 0 amide bonds. The largest absolute Gasteiger partial charge is 0.465 e. The molecule has 448 valence electrons. The Morgan fingerprint density at radius 2 is 1.11 bits per heavy atom. The molecule has 4 fully saturated rings. The Kier molecular flexibility index (Phi) is 29.3. The molecule has 2 aliphatic heterocycles. The molecule has 6 N–H and O–H groups in total. The van der Waals surface area contributed by atoms with E-state index in [1.165, 1.54) is 69.6 Å². The van der Waals surface area contributed by atoms with E-state index in [2.05, 4.69) is 131 Å². The number of aliphatic hydroxyl groups is 1. The number of anilines is 2.